The largest absolute Gasteiger partial charge is 0.393 e. The lowest BCUT2D eigenvalue weighted by Gasteiger charge is -2.22. The molecule has 2 nitrogen and oxygen atoms in total. The van der Waals surface area contributed by atoms with Gasteiger partial charge in [0, 0.05) is 0 Å². The molecule has 0 spiro atoms. The van der Waals surface area contributed by atoms with Gasteiger partial charge in [0.2, 0.25) is 0 Å². The maximum absolute atomic E-state index is 9.27. The molecule has 1 rings (SSSR count). The number of hydrogen-bond donors (Lipinski definition) is 1. The average Bonchev–Trinajstić information content (AvgIpc) is 2.30. The summed E-state index contributed by atoms with van der Waals surface area (Å²) in [4.78, 5) is 0. The Morgan fingerprint density at radius 2 is 2.00 bits per heavy atom. The lowest BCUT2D eigenvalue weighted by molar-refractivity contribution is -0.0228. The Hall–Kier alpha value is -0.0800. The third-order valence-corrected chi connectivity index (χ3v) is 2.27. The first-order valence-corrected chi connectivity index (χ1v) is 4.79. The van der Waals surface area contributed by atoms with Crippen molar-refractivity contribution in [2.24, 2.45) is 5.92 Å². The fraction of sp³-hybridized carbons (Fsp3) is 1.00. The van der Waals surface area contributed by atoms with Crippen LogP contribution in [0.4, 0.5) is 0 Å². The molecule has 2 atom stereocenters. The maximum atomic E-state index is 9.27. The fourth-order valence-corrected chi connectivity index (χ4v) is 1.57. The molecule has 1 saturated carbocycles. The van der Waals surface area contributed by atoms with E-state index in [1.54, 1.807) is 0 Å². The lowest BCUT2D eigenvalue weighted by Crippen LogP contribution is -2.22. The van der Waals surface area contributed by atoms with Crippen LogP contribution in [0.25, 0.3) is 0 Å². The first kappa shape index (κ1) is 10.0. The van der Waals surface area contributed by atoms with E-state index in [0.29, 0.717) is 5.92 Å². The van der Waals surface area contributed by atoms with Crippen molar-refractivity contribution in [3.8, 4) is 0 Å². The summed E-state index contributed by atoms with van der Waals surface area (Å²) in [5.41, 5.74) is -0.0342. The summed E-state index contributed by atoms with van der Waals surface area (Å²) >= 11 is 0. The maximum Gasteiger partial charge on any atom is 0.0598 e. The monoisotopic (exact) mass is 172 g/mol. The first-order valence-electron chi connectivity index (χ1n) is 4.79. The Morgan fingerprint density at radius 3 is 2.42 bits per heavy atom. The Kier molecular flexibility index (Phi) is 3.13. The standard InChI is InChI=1S/C10H20O2/c1-10(2,3)12-7-8-4-5-9(11)6-8/h8-9,11H,4-7H2,1-3H3. The minimum absolute atomic E-state index is 0.0342. The van der Waals surface area contributed by atoms with Crippen molar-refractivity contribution >= 4 is 0 Å². The fourth-order valence-electron chi connectivity index (χ4n) is 1.57. The van der Waals surface area contributed by atoms with Gasteiger partial charge in [0.25, 0.3) is 0 Å². The SMILES string of the molecule is CC(C)(C)OCC1CCC(O)C1. The van der Waals surface area contributed by atoms with Gasteiger partial charge in [-0.2, -0.15) is 0 Å². The Morgan fingerprint density at radius 1 is 1.33 bits per heavy atom. The van der Waals surface area contributed by atoms with Crippen LogP contribution in [0.2, 0.25) is 0 Å². The molecule has 0 aliphatic heterocycles. The zero-order valence-corrected chi connectivity index (χ0v) is 8.34. The third-order valence-electron chi connectivity index (χ3n) is 2.27. The first-order chi connectivity index (χ1) is 5.47. The molecule has 1 fully saturated rings. The number of rotatable bonds is 2. The van der Waals surface area contributed by atoms with Crippen LogP contribution < -0.4 is 0 Å². The normalized spacial score (nSPS) is 31.0. The quantitative estimate of drug-likeness (QED) is 0.690. The van der Waals surface area contributed by atoms with Crippen molar-refractivity contribution < 1.29 is 9.84 Å². The van der Waals surface area contributed by atoms with E-state index in [1.807, 2.05) is 0 Å². The van der Waals surface area contributed by atoms with E-state index in [4.69, 9.17) is 4.74 Å². The highest BCUT2D eigenvalue weighted by molar-refractivity contribution is 4.75. The Labute approximate surface area is 74.9 Å². The molecule has 72 valence electrons. The zero-order valence-electron chi connectivity index (χ0n) is 8.34. The van der Waals surface area contributed by atoms with Crippen LogP contribution in [0.5, 0.6) is 0 Å². The molecule has 0 radical (unpaired) electrons. The van der Waals surface area contributed by atoms with Gasteiger partial charge in [-0.15, -0.1) is 0 Å². The molecule has 2 heteroatoms. The topological polar surface area (TPSA) is 29.5 Å². The number of ether oxygens (including phenoxy) is 1. The van der Waals surface area contributed by atoms with E-state index in [2.05, 4.69) is 20.8 Å². The summed E-state index contributed by atoms with van der Waals surface area (Å²) in [5, 5.41) is 9.27. The molecule has 0 aromatic rings. The van der Waals surface area contributed by atoms with Crippen LogP contribution in [-0.2, 0) is 4.74 Å². The minimum Gasteiger partial charge on any atom is -0.393 e. The van der Waals surface area contributed by atoms with Gasteiger partial charge < -0.3 is 9.84 Å². The molecule has 0 saturated heterocycles. The number of hydrogen-bond acceptors (Lipinski definition) is 2. The average molecular weight is 172 g/mol. The molecular formula is C10H20O2. The van der Waals surface area contributed by atoms with Crippen LogP contribution >= 0.6 is 0 Å². The predicted molar refractivity (Wildman–Crippen MR) is 49.1 cm³/mol. The van der Waals surface area contributed by atoms with Crippen LogP contribution in [0.1, 0.15) is 40.0 Å². The van der Waals surface area contributed by atoms with E-state index in [0.717, 1.165) is 25.9 Å². The van der Waals surface area contributed by atoms with E-state index in [-0.39, 0.29) is 11.7 Å². The molecule has 2 unspecified atom stereocenters. The molecule has 0 amide bonds. The van der Waals surface area contributed by atoms with Gasteiger partial charge in [0.15, 0.2) is 0 Å². The van der Waals surface area contributed by atoms with Crippen molar-refractivity contribution in [3.05, 3.63) is 0 Å². The minimum atomic E-state index is -0.0708. The van der Waals surface area contributed by atoms with Crippen molar-refractivity contribution in [1.82, 2.24) is 0 Å². The second-order valence-electron chi connectivity index (χ2n) is 4.76. The molecule has 0 aromatic carbocycles. The van der Waals surface area contributed by atoms with Crippen LogP contribution in [-0.4, -0.2) is 23.4 Å². The van der Waals surface area contributed by atoms with Gasteiger partial charge in [0.1, 0.15) is 0 Å². The number of aliphatic hydroxyl groups is 1. The molecule has 12 heavy (non-hydrogen) atoms. The third kappa shape index (κ3) is 3.55. The highest BCUT2D eigenvalue weighted by Crippen LogP contribution is 2.26. The highest BCUT2D eigenvalue weighted by Gasteiger charge is 2.24. The summed E-state index contributed by atoms with van der Waals surface area (Å²) in [7, 11) is 0. The molecule has 1 aliphatic rings. The van der Waals surface area contributed by atoms with E-state index >= 15 is 0 Å². The van der Waals surface area contributed by atoms with Crippen molar-refractivity contribution in [2.75, 3.05) is 6.61 Å². The summed E-state index contributed by atoms with van der Waals surface area (Å²) < 4.78 is 5.65. The van der Waals surface area contributed by atoms with Gasteiger partial charge in [-0.3, -0.25) is 0 Å². The van der Waals surface area contributed by atoms with Crippen molar-refractivity contribution in [3.63, 3.8) is 0 Å². The summed E-state index contributed by atoms with van der Waals surface area (Å²) in [6.07, 6.45) is 2.93. The molecule has 0 bridgehead atoms. The summed E-state index contributed by atoms with van der Waals surface area (Å²) in [6.45, 7) is 7.01. The second kappa shape index (κ2) is 3.75. The van der Waals surface area contributed by atoms with Crippen molar-refractivity contribution in [2.45, 2.75) is 51.7 Å². The van der Waals surface area contributed by atoms with Gasteiger partial charge in [-0.05, 0) is 46.0 Å². The number of aliphatic hydroxyl groups excluding tert-OH is 1. The van der Waals surface area contributed by atoms with Gasteiger partial charge >= 0.3 is 0 Å². The smallest absolute Gasteiger partial charge is 0.0598 e. The second-order valence-corrected chi connectivity index (χ2v) is 4.76. The zero-order chi connectivity index (χ0) is 9.19. The predicted octanol–water partition coefficient (Wildman–Crippen LogP) is 1.96. The van der Waals surface area contributed by atoms with Gasteiger partial charge in [0.05, 0.1) is 18.3 Å². The molecule has 0 heterocycles. The van der Waals surface area contributed by atoms with Crippen LogP contribution in [0.3, 0.4) is 0 Å². The Bertz CT molecular complexity index is 137. The lowest BCUT2D eigenvalue weighted by atomic mass is 10.1. The van der Waals surface area contributed by atoms with Crippen molar-refractivity contribution in [1.29, 1.82) is 0 Å². The summed E-state index contributed by atoms with van der Waals surface area (Å²) in [6, 6.07) is 0. The molecule has 1 aliphatic carbocycles. The van der Waals surface area contributed by atoms with Gasteiger partial charge in [-0.1, -0.05) is 0 Å². The molecule has 0 aromatic heterocycles. The Balaban J connectivity index is 2.16. The van der Waals surface area contributed by atoms with E-state index in [9.17, 15) is 5.11 Å². The van der Waals surface area contributed by atoms with Crippen LogP contribution in [0, 0.1) is 5.92 Å². The molecular weight excluding hydrogens is 152 g/mol. The van der Waals surface area contributed by atoms with Crippen LogP contribution in [0.15, 0.2) is 0 Å². The van der Waals surface area contributed by atoms with E-state index < -0.39 is 0 Å². The highest BCUT2D eigenvalue weighted by atomic mass is 16.5. The summed E-state index contributed by atoms with van der Waals surface area (Å²) in [5.74, 6) is 0.583. The molecule has 1 N–H and O–H groups in total. The van der Waals surface area contributed by atoms with Gasteiger partial charge in [-0.25, -0.2) is 0 Å². The van der Waals surface area contributed by atoms with E-state index in [1.165, 1.54) is 0 Å².